The SMILES string of the molecule is C=CCNC(C)C(O)O. The zero-order valence-electron chi connectivity index (χ0n) is 5.54. The first-order valence-electron chi connectivity index (χ1n) is 2.89. The van der Waals surface area contributed by atoms with Gasteiger partial charge in [0.15, 0.2) is 6.29 Å². The molecule has 0 aliphatic carbocycles. The maximum absolute atomic E-state index is 8.51. The number of aliphatic hydroxyl groups excluding tert-OH is 1. The van der Waals surface area contributed by atoms with Crippen LogP contribution in [-0.2, 0) is 0 Å². The molecule has 0 aromatic rings. The van der Waals surface area contributed by atoms with Gasteiger partial charge in [0.2, 0.25) is 0 Å². The van der Waals surface area contributed by atoms with Gasteiger partial charge in [-0.15, -0.1) is 6.58 Å². The van der Waals surface area contributed by atoms with Gasteiger partial charge in [-0.25, -0.2) is 0 Å². The van der Waals surface area contributed by atoms with Gasteiger partial charge < -0.3 is 15.5 Å². The van der Waals surface area contributed by atoms with Gasteiger partial charge in [-0.05, 0) is 6.92 Å². The first kappa shape index (κ1) is 8.62. The summed E-state index contributed by atoms with van der Waals surface area (Å²) in [5.74, 6) is 0. The second-order valence-corrected chi connectivity index (χ2v) is 1.90. The lowest BCUT2D eigenvalue weighted by atomic mass is 10.3. The highest BCUT2D eigenvalue weighted by atomic mass is 16.5. The predicted octanol–water partition coefficient (Wildman–Crippen LogP) is -0.539. The van der Waals surface area contributed by atoms with Gasteiger partial charge in [0.1, 0.15) is 0 Å². The molecule has 0 aliphatic rings. The van der Waals surface area contributed by atoms with Crippen molar-refractivity contribution in [3.63, 3.8) is 0 Å². The molecule has 0 aromatic carbocycles. The molecular weight excluding hydrogens is 118 g/mol. The lowest BCUT2D eigenvalue weighted by Gasteiger charge is -2.13. The van der Waals surface area contributed by atoms with Crippen LogP contribution in [0.4, 0.5) is 0 Å². The van der Waals surface area contributed by atoms with Gasteiger partial charge in [-0.1, -0.05) is 6.08 Å². The van der Waals surface area contributed by atoms with Crippen molar-refractivity contribution in [3.05, 3.63) is 12.7 Å². The summed E-state index contributed by atoms with van der Waals surface area (Å²) >= 11 is 0. The monoisotopic (exact) mass is 131 g/mol. The van der Waals surface area contributed by atoms with Crippen molar-refractivity contribution in [3.8, 4) is 0 Å². The highest BCUT2D eigenvalue weighted by Crippen LogP contribution is 1.85. The van der Waals surface area contributed by atoms with E-state index in [2.05, 4.69) is 11.9 Å². The molecule has 0 aliphatic heterocycles. The quantitative estimate of drug-likeness (QED) is 0.355. The van der Waals surface area contributed by atoms with E-state index < -0.39 is 6.29 Å². The molecular formula is C6H13NO2. The van der Waals surface area contributed by atoms with Gasteiger partial charge in [0, 0.05) is 6.54 Å². The fraction of sp³-hybridized carbons (Fsp3) is 0.667. The number of hydrogen-bond acceptors (Lipinski definition) is 3. The number of rotatable bonds is 4. The second kappa shape index (κ2) is 4.49. The largest absolute Gasteiger partial charge is 0.367 e. The Kier molecular flexibility index (Phi) is 4.30. The van der Waals surface area contributed by atoms with Gasteiger partial charge >= 0.3 is 0 Å². The van der Waals surface area contributed by atoms with E-state index in [1.54, 1.807) is 13.0 Å². The number of aliphatic hydroxyl groups is 2. The molecule has 1 unspecified atom stereocenters. The molecule has 0 spiro atoms. The van der Waals surface area contributed by atoms with E-state index in [1.165, 1.54) is 0 Å². The fourth-order valence-corrected chi connectivity index (χ4v) is 0.375. The third kappa shape index (κ3) is 4.14. The molecule has 0 amide bonds. The molecule has 0 bridgehead atoms. The third-order valence-electron chi connectivity index (χ3n) is 1.03. The number of nitrogens with one attached hydrogen (secondary N) is 1. The van der Waals surface area contributed by atoms with Crippen molar-refractivity contribution in [2.45, 2.75) is 19.3 Å². The first-order valence-corrected chi connectivity index (χ1v) is 2.89. The molecule has 0 saturated heterocycles. The lowest BCUT2D eigenvalue weighted by molar-refractivity contribution is -0.0616. The fourth-order valence-electron chi connectivity index (χ4n) is 0.375. The molecule has 0 fully saturated rings. The molecule has 9 heavy (non-hydrogen) atoms. The van der Waals surface area contributed by atoms with Crippen LogP contribution in [0.2, 0.25) is 0 Å². The van der Waals surface area contributed by atoms with Crippen LogP contribution in [0.15, 0.2) is 12.7 Å². The maximum Gasteiger partial charge on any atom is 0.166 e. The molecule has 0 radical (unpaired) electrons. The van der Waals surface area contributed by atoms with Gasteiger partial charge in [-0.2, -0.15) is 0 Å². The molecule has 0 aromatic heterocycles. The summed E-state index contributed by atoms with van der Waals surface area (Å²) in [5.41, 5.74) is 0. The highest BCUT2D eigenvalue weighted by Gasteiger charge is 2.06. The Labute approximate surface area is 55.0 Å². The second-order valence-electron chi connectivity index (χ2n) is 1.90. The molecule has 3 nitrogen and oxygen atoms in total. The Balaban J connectivity index is 3.26. The van der Waals surface area contributed by atoms with Crippen molar-refractivity contribution in [1.29, 1.82) is 0 Å². The minimum absolute atomic E-state index is 0.289. The minimum Gasteiger partial charge on any atom is -0.367 e. The van der Waals surface area contributed by atoms with E-state index in [0.717, 1.165) is 0 Å². The average molecular weight is 131 g/mol. The van der Waals surface area contributed by atoms with Crippen molar-refractivity contribution in [2.75, 3.05) is 6.54 Å². The summed E-state index contributed by atoms with van der Waals surface area (Å²) in [6.45, 7) is 5.75. The topological polar surface area (TPSA) is 52.5 Å². The van der Waals surface area contributed by atoms with E-state index >= 15 is 0 Å². The normalized spacial score (nSPS) is 13.8. The Morgan fingerprint density at radius 2 is 2.22 bits per heavy atom. The summed E-state index contributed by atoms with van der Waals surface area (Å²) in [6, 6.07) is -0.289. The average Bonchev–Trinajstić information content (AvgIpc) is 1.82. The summed E-state index contributed by atoms with van der Waals surface area (Å²) in [5, 5.41) is 19.8. The smallest absolute Gasteiger partial charge is 0.166 e. The van der Waals surface area contributed by atoms with E-state index in [1.807, 2.05) is 0 Å². The molecule has 0 heterocycles. The highest BCUT2D eigenvalue weighted by molar-refractivity contribution is 4.73. The molecule has 54 valence electrons. The van der Waals surface area contributed by atoms with E-state index in [4.69, 9.17) is 10.2 Å². The van der Waals surface area contributed by atoms with Crippen LogP contribution in [-0.4, -0.2) is 29.1 Å². The van der Waals surface area contributed by atoms with Crippen molar-refractivity contribution >= 4 is 0 Å². The van der Waals surface area contributed by atoms with Crippen LogP contribution in [0.25, 0.3) is 0 Å². The molecule has 0 saturated carbocycles. The molecule has 3 N–H and O–H groups in total. The van der Waals surface area contributed by atoms with E-state index in [-0.39, 0.29) is 6.04 Å². The van der Waals surface area contributed by atoms with Crippen LogP contribution < -0.4 is 5.32 Å². The van der Waals surface area contributed by atoms with Crippen molar-refractivity contribution in [1.82, 2.24) is 5.32 Å². The van der Waals surface area contributed by atoms with Crippen LogP contribution in [0.1, 0.15) is 6.92 Å². The zero-order chi connectivity index (χ0) is 7.28. The summed E-state index contributed by atoms with van der Waals surface area (Å²) in [4.78, 5) is 0. The molecule has 3 heteroatoms. The van der Waals surface area contributed by atoms with Crippen LogP contribution in [0, 0.1) is 0 Å². The van der Waals surface area contributed by atoms with Gasteiger partial charge in [0.25, 0.3) is 0 Å². The predicted molar refractivity (Wildman–Crippen MR) is 35.9 cm³/mol. The molecule has 1 atom stereocenters. The Bertz CT molecular complexity index is 83.1. The maximum atomic E-state index is 8.51. The molecule has 0 rings (SSSR count). The van der Waals surface area contributed by atoms with E-state index in [9.17, 15) is 0 Å². The third-order valence-corrected chi connectivity index (χ3v) is 1.03. The Morgan fingerprint density at radius 3 is 2.56 bits per heavy atom. The summed E-state index contributed by atoms with van der Waals surface area (Å²) in [6.07, 6.45) is 0.378. The zero-order valence-corrected chi connectivity index (χ0v) is 5.54. The number of hydrogen-bond donors (Lipinski definition) is 3. The summed E-state index contributed by atoms with van der Waals surface area (Å²) in [7, 11) is 0. The van der Waals surface area contributed by atoms with Crippen LogP contribution >= 0.6 is 0 Å². The van der Waals surface area contributed by atoms with Gasteiger partial charge in [0.05, 0.1) is 6.04 Å². The van der Waals surface area contributed by atoms with Gasteiger partial charge in [-0.3, -0.25) is 0 Å². The Morgan fingerprint density at radius 1 is 1.67 bits per heavy atom. The summed E-state index contributed by atoms with van der Waals surface area (Å²) < 4.78 is 0. The van der Waals surface area contributed by atoms with Crippen molar-refractivity contribution < 1.29 is 10.2 Å². The minimum atomic E-state index is -1.29. The van der Waals surface area contributed by atoms with Crippen LogP contribution in [0.3, 0.4) is 0 Å². The van der Waals surface area contributed by atoms with Crippen LogP contribution in [0.5, 0.6) is 0 Å². The first-order chi connectivity index (χ1) is 4.18. The van der Waals surface area contributed by atoms with Crippen molar-refractivity contribution in [2.24, 2.45) is 0 Å². The Hall–Kier alpha value is -0.380. The lowest BCUT2D eigenvalue weighted by Crippen LogP contribution is -2.36. The van der Waals surface area contributed by atoms with E-state index in [0.29, 0.717) is 6.54 Å². The standard InChI is InChI=1S/C6H13NO2/c1-3-4-7-5(2)6(8)9/h3,5-9H,1,4H2,2H3.